The molecular formula is C10H10ClN3O2. The van der Waals surface area contributed by atoms with Crippen molar-refractivity contribution in [2.75, 3.05) is 11.9 Å². The molecule has 84 valence electrons. The Hall–Kier alpha value is -1.80. The van der Waals surface area contributed by atoms with Crippen molar-refractivity contribution in [3.63, 3.8) is 0 Å². The first-order valence-electron chi connectivity index (χ1n) is 4.66. The number of hydrogen-bond acceptors (Lipinski definition) is 4. The third-order valence-electron chi connectivity index (χ3n) is 1.83. The number of hydrogen-bond donors (Lipinski definition) is 2. The summed E-state index contributed by atoms with van der Waals surface area (Å²) >= 11 is 5.71. The Morgan fingerprint density at radius 2 is 2.38 bits per heavy atom. The number of carboxylic acids is 1. The molecule has 16 heavy (non-hydrogen) atoms. The molecule has 2 N–H and O–H groups in total. The molecule has 0 saturated heterocycles. The van der Waals surface area contributed by atoms with E-state index < -0.39 is 5.97 Å². The summed E-state index contributed by atoms with van der Waals surface area (Å²) in [4.78, 5) is 14.2. The lowest BCUT2D eigenvalue weighted by Crippen LogP contribution is -2.06. The zero-order valence-corrected chi connectivity index (χ0v) is 9.16. The molecule has 1 heterocycles. The third kappa shape index (κ3) is 3.75. The second-order valence-electron chi connectivity index (χ2n) is 3.06. The molecule has 0 saturated carbocycles. The quantitative estimate of drug-likeness (QED) is 0.767. The highest BCUT2D eigenvalue weighted by Gasteiger charge is 2.02. The van der Waals surface area contributed by atoms with Crippen LogP contribution in [0.25, 0.3) is 0 Å². The van der Waals surface area contributed by atoms with Gasteiger partial charge in [0.05, 0.1) is 5.02 Å². The van der Waals surface area contributed by atoms with Gasteiger partial charge in [0, 0.05) is 13.0 Å². The van der Waals surface area contributed by atoms with Gasteiger partial charge >= 0.3 is 5.97 Å². The van der Waals surface area contributed by atoms with Crippen molar-refractivity contribution in [1.82, 2.24) is 4.98 Å². The van der Waals surface area contributed by atoms with E-state index >= 15 is 0 Å². The Morgan fingerprint density at radius 1 is 1.62 bits per heavy atom. The summed E-state index contributed by atoms with van der Waals surface area (Å²) in [5, 5.41) is 20.3. The van der Waals surface area contributed by atoms with Crippen LogP contribution in [0.4, 0.5) is 5.82 Å². The Bertz CT molecular complexity index is 429. The standard InChI is InChI=1S/C10H10ClN3O2/c11-7-3-4-9(14-8(7)6-12)13-5-1-2-10(15)16/h3-4H,1-2,5H2,(H,13,14)(H,15,16). The highest BCUT2D eigenvalue weighted by atomic mass is 35.5. The van der Waals surface area contributed by atoms with Crippen LogP contribution in [0.15, 0.2) is 12.1 Å². The van der Waals surface area contributed by atoms with E-state index in [1.165, 1.54) is 0 Å². The molecule has 0 aliphatic rings. The van der Waals surface area contributed by atoms with Crippen LogP contribution in [0.1, 0.15) is 18.5 Å². The third-order valence-corrected chi connectivity index (χ3v) is 2.13. The molecule has 0 aliphatic heterocycles. The SMILES string of the molecule is N#Cc1nc(NCCCC(=O)O)ccc1Cl. The number of carboxylic acid groups (broad SMARTS) is 1. The zero-order valence-electron chi connectivity index (χ0n) is 8.40. The summed E-state index contributed by atoms with van der Waals surface area (Å²) in [5.41, 5.74) is 0.157. The molecule has 0 aromatic carbocycles. The van der Waals surface area contributed by atoms with Gasteiger partial charge in [-0.25, -0.2) is 4.98 Å². The average molecular weight is 240 g/mol. The van der Waals surface area contributed by atoms with Crippen molar-refractivity contribution in [3.05, 3.63) is 22.8 Å². The van der Waals surface area contributed by atoms with Crippen LogP contribution in [0.3, 0.4) is 0 Å². The second-order valence-corrected chi connectivity index (χ2v) is 3.47. The van der Waals surface area contributed by atoms with E-state index in [-0.39, 0.29) is 12.1 Å². The number of nitriles is 1. The summed E-state index contributed by atoms with van der Waals surface area (Å²) in [6.07, 6.45) is 0.604. The maximum Gasteiger partial charge on any atom is 0.303 e. The highest BCUT2D eigenvalue weighted by Crippen LogP contribution is 2.15. The number of pyridine rings is 1. The number of halogens is 1. The lowest BCUT2D eigenvalue weighted by Gasteiger charge is -2.04. The first kappa shape index (κ1) is 12.3. The number of nitrogens with one attached hydrogen (secondary N) is 1. The topological polar surface area (TPSA) is 86.0 Å². The summed E-state index contributed by atoms with van der Waals surface area (Å²) in [6, 6.07) is 5.09. The monoisotopic (exact) mass is 239 g/mol. The van der Waals surface area contributed by atoms with Gasteiger partial charge in [-0.1, -0.05) is 11.6 Å². The number of rotatable bonds is 5. The van der Waals surface area contributed by atoms with Crippen molar-refractivity contribution < 1.29 is 9.90 Å². The maximum absolute atomic E-state index is 10.3. The normalized spacial score (nSPS) is 9.50. The Balaban J connectivity index is 2.49. The van der Waals surface area contributed by atoms with E-state index in [9.17, 15) is 4.79 Å². The van der Waals surface area contributed by atoms with Crippen LogP contribution < -0.4 is 5.32 Å². The molecule has 0 bridgehead atoms. The fraction of sp³-hybridized carbons (Fsp3) is 0.300. The van der Waals surface area contributed by atoms with Crippen molar-refractivity contribution in [2.24, 2.45) is 0 Å². The number of anilines is 1. The molecular weight excluding hydrogens is 230 g/mol. The Labute approximate surface area is 97.7 Å². The van der Waals surface area contributed by atoms with Gasteiger partial charge in [-0.15, -0.1) is 0 Å². The minimum absolute atomic E-state index is 0.103. The van der Waals surface area contributed by atoms with Gasteiger partial charge in [-0.3, -0.25) is 4.79 Å². The van der Waals surface area contributed by atoms with E-state index in [2.05, 4.69) is 10.3 Å². The number of nitrogens with zero attached hydrogens (tertiary/aromatic N) is 2. The molecule has 1 aromatic rings. The van der Waals surface area contributed by atoms with Crippen LogP contribution in [-0.2, 0) is 4.79 Å². The minimum atomic E-state index is -0.830. The van der Waals surface area contributed by atoms with E-state index in [0.29, 0.717) is 23.8 Å². The molecule has 0 fully saturated rings. The molecule has 6 heteroatoms. The number of aliphatic carboxylic acids is 1. The molecule has 0 amide bonds. The smallest absolute Gasteiger partial charge is 0.303 e. The fourth-order valence-electron chi connectivity index (χ4n) is 1.08. The minimum Gasteiger partial charge on any atom is -0.481 e. The zero-order chi connectivity index (χ0) is 12.0. The Morgan fingerprint density at radius 3 is 3.00 bits per heavy atom. The lowest BCUT2D eigenvalue weighted by molar-refractivity contribution is -0.137. The summed E-state index contributed by atoms with van der Waals surface area (Å²) in [7, 11) is 0. The largest absolute Gasteiger partial charge is 0.481 e. The van der Waals surface area contributed by atoms with Gasteiger partial charge in [0.15, 0.2) is 5.69 Å². The molecule has 5 nitrogen and oxygen atoms in total. The van der Waals surface area contributed by atoms with Gasteiger partial charge in [0.2, 0.25) is 0 Å². The predicted octanol–water partition coefficient (Wildman–Crippen LogP) is 1.88. The Kier molecular flexibility index (Phi) is 4.55. The summed E-state index contributed by atoms with van der Waals surface area (Å²) < 4.78 is 0. The molecule has 0 unspecified atom stereocenters. The van der Waals surface area contributed by atoms with Crippen molar-refractivity contribution in [2.45, 2.75) is 12.8 Å². The van der Waals surface area contributed by atoms with Gasteiger partial charge in [-0.05, 0) is 18.6 Å². The van der Waals surface area contributed by atoms with Crippen LogP contribution in [0.5, 0.6) is 0 Å². The first-order valence-corrected chi connectivity index (χ1v) is 5.03. The summed E-state index contributed by atoms with van der Waals surface area (Å²) in [6.45, 7) is 0.492. The van der Waals surface area contributed by atoms with Crippen LogP contribution in [-0.4, -0.2) is 22.6 Å². The van der Waals surface area contributed by atoms with Crippen LogP contribution in [0, 0.1) is 11.3 Å². The second kappa shape index (κ2) is 5.93. The van der Waals surface area contributed by atoms with Crippen molar-refractivity contribution in [3.8, 4) is 6.07 Å². The molecule has 0 spiro atoms. The van der Waals surface area contributed by atoms with E-state index in [1.807, 2.05) is 6.07 Å². The highest BCUT2D eigenvalue weighted by molar-refractivity contribution is 6.31. The molecule has 0 radical (unpaired) electrons. The van der Waals surface area contributed by atoms with Crippen molar-refractivity contribution >= 4 is 23.4 Å². The van der Waals surface area contributed by atoms with E-state index in [1.54, 1.807) is 12.1 Å². The van der Waals surface area contributed by atoms with Gasteiger partial charge in [0.25, 0.3) is 0 Å². The number of aromatic nitrogens is 1. The van der Waals surface area contributed by atoms with Gasteiger partial charge in [0.1, 0.15) is 11.9 Å². The van der Waals surface area contributed by atoms with Crippen LogP contribution in [0.2, 0.25) is 5.02 Å². The number of carbonyl (C=O) groups is 1. The first-order chi connectivity index (χ1) is 7.63. The fourth-order valence-corrected chi connectivity index (χ4v) is 1.22. The molecule has 1 rings (SSSR count). The average Bonchev–Trinajstić information content (AvgIpc) is 2.26. The van der Waals surface area contributed by atoms with Crippen LogP contribution >= 0.6 is 11.6 Å². The predicted molar refractivity (Wildman–Crippen MR) is 59.3 cm³/mol. The van der Waals surface area contributed by atoms with Gasteiger partial charge in [-0.2, -0.15) is 5.26 Å². The van der Waals surface area contributed by atoms with Gasteiger partial charge < -0.3 is 10.4 Å². The molecule has 0 atom stereocenters. The summed E-state index contributed by atoms with van der Waals surface area (Å²) in [5.74, 6) is -0.310. The lowest BCUT2D eigenvalue weighted by atomic mass is 10.3. The molecule has 1 aromatic heterocycles. The van der Waals surface area contributed by atoms with E-state index in [4.69, 9.17) is 22.0 Å². The van der Waals surface area contributed by atoms with Crippen molar-refractivity contribution in [1.29, 1.82) is 5.26 Å². The van der Waals surface area contributed by atoms with E-state index in [0.717, 1.165) is 0 Å². The maximum atomic E-state index is 10.3. The molecule has 0 aliphatic carbocycles.